The Morgan fingerprint density at radius 2 is 2.52 bits per heavy atom. The van der Waals surface area contributed by atoms with Gasteiger partial charge >= 0.3 is 0 Å². The van der Waals surface area contributed by atoms with Gasteiger partial charge in [-0.2, -0.15) is 0 Å². The molecule has 112 valence electrons. The van der Waals surface area contributed by atoms with Crippen LogP contribution in [0.5, 0.6) is 0 Å². The second-order valence-electron chi connectivity index (χ2n) is 5.21. The van der Waals surface area contributed by atoms with E-state index in [0.29, 0.717) is 0 Å². The second-order valence-corrected chi connectivity index (χ2v) is 6.06. The van der Waals surface area contributed by atoms with E-state index in [-0.39, 0.29) is 24.5 Å². The van der Waals surface area contributed by atoms with Crippen LogP contribution in [0.3, 0.4) is 0 Å². The standard InChI is InChI=1S/C15H18N2O3S/c1-10(12-4-2-6-19-12)16-14(18)8-11-9-21-15(17-11)13-5-3-7-20-13/h3,5,7,9-10,12H,2,4,6,8H2,1H3,(H,16,18)/t10-,12-/m0/s1. The fourth-order valence-corrected chi connectivity index (χ4v) is 3.25. The summed E-state index contributed by atoms with van der Waals surface area (Å²) >= 11 is 1.48. The van der Waals surface area contributed by atoms with Crippen molar-refractivity contribution in [1.82, 2.24) is 10.3 Å². The lowest BCUT2D eigenvalue weighted by Crippen LogP contribution is -2.41. The minimum atomic E-state index is -0.0192. The fourth-order valence-electron chi connectivity index (χ4n) is 2.46. The molecular formula is C15H18N2O3S. The van der Waals surface area contributed by atoms with Crippen LogP contribution in [0, 0.1) is 0 Å². The number of hydrogen-bond acceptors (Lipinski definition) is 5. The Labute approximate surface area is 127 Å². The van der Waals surface area contributed by atoms with Crippen LogP contribution in [-0.4, -0.2) is 29.6 Å². The zero-order valence-corrected chi connectivity index (χ0v) is 12.7. The van der Waals surface area contributed by atoms with Crippen molar-refractivity contribution >= 4 is 17.2 Å². The molecule has 1 saturated heterocycles. The van der Waals surface area contributed by atoms with E-state index in [2.05, 4.69) is 10.3 Å². The lowest BCUT2D eigenvalue weighted by atomic mass is 10.1. The Hall–Kier alpha value is -1.66. The fraction of sp³-hybridized carbons (Fsp3) is 0.467. The number of ether oxygens (including phenoxy) is 1. The van der Waals surface area contributed by atoms with Crippen LogP contribution < -0.4 is 5.32 Å². The first-order chi connectivity index (χ1) is 10.2. The number of carbonyl (C=O) groups excluding carboxylic acids is 1. The van der Waals surface area contributed by atoms with Gasteiger partial charge in [0.2, 0.25) is 5.91 Å². The maximum absolute atomic E-state index is 12.0. The molecule has 0 radical (unpaired) electrons. The molecule has 0 unspecified atom stereocenters. The van der Waals surface area contributed by atoms with Crippen LogP contribution in [-0.2, 0) is 16.0 Å². The van der Waals surface area contributed by atoms with Crippen molar-refractivity contribution in [3.8, 4) is 10.8 Å². The lowest BCUT2D eigenvalue weighted by Gasteiger charge is -2.19. The highest BCUT2D eigenvalue weighted by Gasteiger charge is 2.23. The van der Waals surface area contributed by atoms with Gasteiger partial charge in [0.1, 0.15) is 0 Å². The molecule has 0 aromatic carbocycles. The summed E-state index contributed by atoms with van der Waals surface area (Å²) in [6.45, 7) is 2.78. The Balaban J connectivity index is 1.55. The van der Waals surface area contributed by atoms with Crippen LogP contribution in [0.4, 0.5) is 0 Å². The highest BCUT2D eigenvalue weighted by Crippen LogP contribution is 2.24. The highest BCUT2D eigenvalue weighted by atomic mass is 32.1. The van der Waals surface area contributed by atoms with E-state index < -0.39 is 0 Å². The molecular weight excluding hydrogens is 288 g/mol. The summed E-state index contributed by atoms with van der Waals surface area (Å²) in [6, 6.07) is 3.73. The largest absolute Gasteiger partial charge is 0.462 e. The van der Waals surface area contributed by atoms with Gasteiger partial charge in [-0.25, -0.2) is 4.98 Å². The van der Waals surface area contributed by atoms with Gasteiger partial charge in [-0.3, -0.25) is 4.79 Å². The lowest BCUT2D eigenvalue weighted by molar-refractivity contribution is -0.121. The quantitative estimate of drug-likeness (QED) is 0.922. The average Bonchev–Trinajstić information content (AvgIpc) is 3.21. The molecule has 21 heavy (non-hydrogen) atoms. The van der Waals surface area contributed by atoms with E-state index in [1.165, 1.54) is 11.3 Å². The van der Waals surface area contributed by atoms with Gasteiger partial charge in [0.05, 0.1) is 30.5 Å². The van der Waals surface area contributed by atoms with Crippen LogP contribution >= 0.6 is 11.3 Å². The summed E-state index contributed by atoms with van der Waals surface area (Å²) in [6.07, 6.45) is 4.13. The maximum Gasteiger partial charge on any atom is 0.226 e. The van der Waals surface area contributed by atoms with E-state index in [9.17, 15) is 4.79 Å². The summed E-state index contributed by atoms with van der Waals surface area (Å²) in [5.74, 6) is 0.716. The number of rotatable bonds is 5. The molecule has 5 nitrogen and oxygen atoms in total. The third-order valence-corrected chi connectivity index (χ3v) is 4.44. The number of aromatic nitrogens is 1. The molecule has 3 heterocycles. The number of carbonyl (C=O) groups is 1. The molecule has 2 aromatic rings. The van der Waals surface area contributed by atoms with E-state index in [1.807, 2.05) is 24.4 Å². The molecule has 3 rings (SSSR count). The summed E-state index contributed by atoms with van der Waals surface area (Å²) in [5.41, 5.74) is 0.767. The maximum atomic E-state index is 12.0. The van der Waals surface area contributed by atoms with Gasteiger partial charge in [-0.05, 0) is 31.9 Å². The Kier molecular flexibility index (Phi) is 4.36. The summed E-state index contributed by atoms with van der Waals surface area (Å²) < 4.78 is 10.9. The highest BCUT2D eigenvalue weighted by molar-refractivity contribution is 7.13. The van der Waals surface area contributed by atoms with E-state index in [1.54, 1.807) is 6.26 Å². The normalized spacial score (nSPS) is 19.6. The van der Waals surface area contributed by atoms with Crippen molar-refractivity contribution in [2.24, 2.45) is 0 Å². The third-order valence-electron chi connectivity index (χ3n) is 3.54. The molecule has 0 spiro atoms. The van der Waals surface area contributed by atoms with E-state index in [4.69, 9.17) is 9.15 Å². The van der Waals surface area contributed by atoms with Gasteiger partial charge in [-0.1, -0.05) is 0 Å². The van der Waals surface area contributed by atoms with Crippen molar-refractivity contribution in [2.45, 2.75) is 38.3 Å². The molecule has 2 aromatic heterocycles. The molecule has 0 aliphatic carbocycles. The zero-order valence-electron chi connectivity index (χ0n) is 11.9. The van der Waals surface area contributed by atoms with Crippen LogP contribution in [0.2, 0.25) is 0 Å². The number of furan rings is 1. The molecule has 0 bridgehead atoms. The Morgan fingerprint density at radius 1 is 1.62 bits per heavy atom. The number of nitrogens with zero attached hydrogens (tertiary/aromatic N) is 1. The molecule has 1 aliphatic heterocycles. The first-order valence-corrected chi connectivity index (χ1v) is 7.99. The molecule has 2 atom stereocenters. The van der Waals surface area contributed by atoms with Crippen molar-refractivity contribution in [3.63, 3.8) is 0 Å². The van der Waals surface area contributed by atoms with Crippen LogP contribution in [0.25, 0.3) is 10.8 Å². The number of amides is 1. The second kappa shape index (κ2) is 6.41. The molecule has 6 heteroatoms. The number of hydrogen-bond donors (Lipinski definition) is 1. The molecule has 1 aliphatic rings. The summed E-state index contributed by atoms with van der Waals surface area (Å²) in [7, 11) is 0. The topological polar surface area (TPSA) is 64.4 Å². The minimum Gasteiger partial charge on any atom is -0.462 e. The monoisotopic (exact) mass is 306 g/mol. The SMILES string of the molecule is C[C@H](NC(=O)Cc1csc(-c2ccco2)n1)[C@@H]1CCCO1. The van der Waals surface area contributed by atoms with Gasteiger partial charge in [0.15, 0.2) is 10.8 Å². The van der Waals surface area contributed by atoms with Gasteiger partial charge in [-0.15, -0.1) is 11.3 Å². The van der Waals surface area contributed by atoms with Crippen LogP contribution in [0.1, 0.15) is 25.5 Å². The number of nitrogens with one attached hydrogen (secondary N) is 1. The van der Waals surface area contributed by atoms with Crippen molar-refractivity contribution < 1.29 is 13.9 Å². The van der Waals surface area contributed by atoms with Crippen molar-refractivity contribution in [3.05, 3.63) is 29.5 Å². The van der Waals surface area contributed by atoms with Crippen LogP contribution in [0.15, 0.2) is 28.2 Å². The minimum absolute atomic E-state index is 0.0192. The Morgan fingerprint density at radius 3 is 3.24 bits per heavy atom. The number of thiazole rings is 1. The smallest absolute Gasteiger partial charge is 0.226 e. The van der Waals surface area contributed by atoms with E-state index >= 15 is 0 Å². The van der Waals surface area contributed by atoms with Gasteiger partial charge < -0.3 is 14.5 Å². The van der Waals surface area contributed by atoms with E-state index in [0.717, 1.165) is 35.9 Å². The van der Waals surface area contributed by atoms with Gasteiger partial charge in [0.25, 0.3) is 0 Å². The zero-order chi connectivity index (χ0) is 14.7. The first kappa shape index (κ1) is 14.3. The van der Waals surface area contributed by atoms with Crippen molar-refractivity contribution in [1.29, 1.82) is 0 Å². The molecule has 1 N–H and O–H groups in total. The predicted octanol–water partition coefficient (Wildman–Crippen LogP) is 2.63. The van der Waals surface area contributed by atoms with Gasteiger partial charge in [0, 0.05) is 12.0 Å². The molecule has 1 amide bonds. The predicted molar refractivity (Wildman–Crippen MR) is 80.1 cm³/mol. The summed E-state index contributed by atoms with van der Waals surface area (Å²) in [4.78, 5) is 16.5. The Bertz CT molecular complexity index is 588. The van der Waals surface area contributed by atoms with Crippen molar-refractivity contribution in [2.75, 3.05) is 6.61 Å². The molecule has 1 fully saturated rings. The average molecular weight is 306 g/mol. The first-order valence-electron chi connectivity index (χ1n) is 7.11. The third kappa shape index (κ3) is 3.51. The molecule has 0 saturated carbocycles. The summed E-state index contributed by atoms with van der Waals surface area (Å²) in [5, 5.41) is 5.69.